The smallest absolute Gasteiger partial charge is 0.240 e. The minimum Gasteiger partial charge on any atom is -0.397 e. The first-order chi connectivity index (χ1) is 9.83. The molecule has 0 unspecified atom stereocenters. The molecule has 0 radical (unpaired) electrons. The highest BCUT2D eigenvalue weighted by molar-refractivity contribution is 9.10. The van der Waals surface area contributed by atoms with E-state index in [0.717, 1.165) is 15.7 Å². The summed E-state index contributed by atoms with van der Waals surface area (Å²) in [7, 11) is -2.13. The first kappa shape index (κ1) is 15.8. The number of hydrogen-bond donors (Lipinski definition) is 3. The van der Waals surface area contributed by atoms with Crippen molar-refractivity contribution in [1.82, 2.24) is 4.72 Å². The SMILES string of the molecule is CNS(=O)(=O)c1ccc(N)c(Nc2cc(Br)ccc2C)c1. The average molecular weight is 370 g/mol. The highest BCUT2D eigenvalue weighted by Crippen LogP contribution is 2.29. The van der Waals surface area contributed by atoms with E-state index in [9.17, 15) is 8.42 Å². The van der Waals surface area contributed by atoms with Crippen molar-refractivity contribution in [3.63, 3.8) is 0 Å². The van der Waals surface area contributed by atoms with Gasteiger partial charge in [-0.15, -0.1) is 0 Å². The normalized spacial score (nSPS) is 11.4. The Bertz CT molecular complexity index is 776. The molecular weight excluding hydrogens is 354 g/mol. The highest BCUT2D eigenvalue weighted by Gasteiger charge is 2.13. The molecule has 0 amide bonds. The Labute approximate surface area is 132 Å². The zero-order chi connectivity index (χ0) is 15.6. The highest BCUT2D eigenvalue weighted by atomic mass is 79.9. The quantitative estimate of drug-likeness (QED) is 0.723. The molecule has 0 aliphatic heterocycles. The van der Waals surface area contributed by atoms with Gasteiger partial charge in [-0.05, 0) is 49.9 Å². The number of aryl methyl sites for hydroxylation is 1. The van der Waals surface area contributed by atoms with Crippen LogP contribution >= 0.6 is 15.9 Å². The summed E-state index contributed by atoms with van der Waals surface area (Å²) in [4.78, 5) is 0.161. The predicted octanol–water partition coefficient (Wildman–Crippen LogP) is 2.99. The monoisotopic (exact) mass is 369 g/mol. The molecule has 21 heavy (non-hydrogen) atoms. The van der Waals surface area contributed by atoms with Crippen LogP contribution in [-0.4, -0.2) is 15.5 Å². The molecule has 0 saturated carbocycles. The molecule has 2 aromatic rings. The van der Waals surface area contributed by atoms with Crippen LogP contribution in [-0.2, 0) is 10.0 Å². The number of hydrogen-bond acceptors (Lipinski definition) is 4. The third-order valence-electron chi connectivity index (χ3n) is 3.07. The molecule has 0 aliphatic rings. The summed E-state index contributed by atoms with van der Waals surface area (Å²) in [5.74, 6) is 0. The molecule has 2 rings (SSSR count). The second-order valence-corrected chi connectivity index (χ2v) is 7.34. The van der Waals surface area contributed by atoms with Gasteiger partial charge in [0.25, 0.3) is 0 Å². The third kappa shape index (κ3) is 3.55. The second kappa shape index (κ2) is 6.05. The summed E-state index contributed by atoms with van der Waals surface area (Å²) in [5, 5.41) is 3.17. The second-order valence-electron chi connectivity index (χ2n) is 4.54. The Kier molecular flexibility index (Phi) is 4.55. The Morgan fingerprint density at radius 1 is 1.10 bits per heavy atom. The van der Waals surface area contributed by atoms with Crippen LogP contribution in [0.4, 0.5) is 17.1 Å². The number of nitrogens with two attached hydrogens (primary N) is 1. The molecule has 0 heterocycles. The molecule has 0 aliphatic carbocycles. The minimum atomic E-state index is -3.50. The van der Waals surface area contributed by atoms with Crippen LogP contribution in [0.3, 0.4) is 0 Å². The van der Waals surface area contributed by atoms with E-state index in [0.29, 0.717) is 11.4 Å². The van der Waals surface area contributed by atoms with Gasteiger partial charge < -0.3 is 11.1 Å². The van der Waals surface area contributed by atoms with E-state index in [4.69, 9.17) is 5.73 Å². The van der Waals surface area contributed by atoms with Crippen molar-refractivity contribution in [3.05, 3.63) is 46.4 Å². The van der Waals surface area contributed by atoms with Crippen LogP contribution < -0.4 is 15.8 Å². The first-order valence-corrected chi connectivity index (χ1v) is 8.47. The molecule has 7 heteroatoms. The van der Waals surface area contributed by atoms with Gasteiger partial charge in [0.05, 0.1) is 16.3 Å². The summed E-state index contributed by atoms with van der Waals surface area (Å²) in [6.45, 7) is 1.96. The molecule has 0 atom stereocenters. The third-order valence-corrected chi connectivity index (χ3v) is 4.98. The lowest BCUT2D eigenvalue weighted by atomic mass is 10.2. The molecule has 0 fully saturated rings. The maximum Gasteiger partial charge on any atom is 0.240 e. The Morgan fingerprint density at radius 3 is 2.48 bits per heavy atom. The number of nitrogen functional groups attached to an aromatic ring is 1. The number of anilines is 3. The van der Waals surface area contributed by atoms with Crippen molar-refractivity contribution in [2.45, 2.75) is 11.8 Å². The lowest BCUT2D eigenvalue weighted by Crippen LogP contribution is -2.18. The minimum absolute atomic E-state index is 0.161. The Morgan fingerprint density at radius 2 is 1.81 bits per heavy atom. The Balaban J connectivity index is 2.45. The van der Waals surface area contributed by atoms with Crippen LogP contribution in [0.1, 0.15) is 5.56 Å². The van der Waals surface area contributed by atoms with Gasteiger partial charge in [0.1, 0.15) is 0 Å². The van der Waals surface area contributed by atoms with Crippen LogP contribution in [0.5, 0.6) is 0 Å². The summed E-state index contributed by atoms with van der Waals surface area (Å²) in [6.07, 6.45) is 0. The number of sulfonamides is 1. The lowest BCUT2D eigenvalue weighted by Gasteiger charge is -2.13. The van der Waals surface area contributed by atoms with Gasteiger partial charge in [-0.25, -0.2) is 13.1 Å². The number of rotatable bonds is 4. The van der Waals surface area contributed by atoms with Crippen molar-refractivity contribution >= 4 is 43.0 Å². The number of nitrogens with one attached hydrogen (secondary N) is 2. The van der Waals surface area contributed by atoms with E-state index in [1.807, 2.05) is 25.1 Å². The Hall–Kier alpha value is -1.57. The van der Waals surface area contributed by atoms with Crippen LogP contribution in [0, 0.1) is 6.92 Å². The lowest BCUT2D eigenvalue weighted by molar-refractivity contribution is 0.588. The van der Waals surface area contributed by atoms with Gasteiger partial charge in [0, 0.05) is 10.2 Å². The fourth-order valence-electron chi connectivity index (χ4n) is 1.80. The molecule has 5 nitrogen and oxygen atoms in total. The zero-order valence-corrected chi connectivity index (χ0v) is 14.0. The van der Waals surface area contributed by atoms with E-state index in [1.165, 1.54) is 19.2 Å². The van der Waals surface area contributed by atoms with E-state index in [-0.39, 0.29) is 4.90 Å². The summed E-state index contributed by atoms with van der Waals surface area (Å²) < 4.78 is 26.9. The average Bonchev–Trinajstić information content (AvgIpc) is 2.45. The van der Waals surface area contributed by atoms with Crippen molar-refractivity contribution in [3.8, 4) is 0 Å². The zero-order valence-electron chi connectivity index (χ0n) is 11.6. The molecular formula is C14H16BrN3O2S. The van der Waals surface area contributed by atoms with Gasteiger partial charge in [-0.2, -0.15) is 0 Å². The van der Waals surface area contributed by atoms with Crippen molar-refractivity contribution in [1.29, 1.82) is 0 Å². The summed E-state index contributed by atoms with van der Waals surface area (Å²) in [6, 6.07) is 10.4. The maximum atomic E-state index is 11.9. The fourth-order valence-corrected chi connectivity index (χ4v) is 2.92. The molecule has 2 aromatic carbocycles. The first-order valence-electron chi connectivity index (χ1n) is 6.20. The van der Waals surface area contributed by atoms with E-state index < -0.39 is 10.0 Å². The van der Waals surface area contributed by atoms with E-state index >= 15 is 0 Å². The van der Waals surface area contributed by atoms with Crippen molar-refractivity contribution < 1.29 is 8.42 Å². The van der Waals surface area contributed by atoms with Crippen molar-refractivity contribution in [2.24, 2.45) is 0 Å². The maximum absolute atomic E-state index is 11.9. The fraction of sp³-hybridized carbons (Fsp3) is 0.143. The summed E-state index contributed by atoms with van der Waals surface area (Å²) in [5.41, 5.74) is 8.83. The molecule has 0 aromatic heterocycles. The van der Waals surface area contributed by atoms with Gasteiger partial charge in [0.15, 0.2) is 0 Å². The number of halogens is 1. The molecule has 0 spiro atoms. The van der Waals surface area contributed by atoms with Crippen LogP contribution in [0.25, 0.3) is 0 Å². The summed E-state index contributed by atoms with van der Waals surface area (Å²) >= 11 is 3.41. The molecule has 0 saturated heterocycles. The number of benzene rings is 2. The van der Waals surface area contributed by atoms with Gasteiger partial charge in [0.2, 0.25) is 10.0 Å². The molecule has 0 bridgehead atoms. The van der Waals surface area contributed by atoms with Crippen LogP contribution in [0.15, 0.2) is 45.8 Å². The standard InChI is InChI=1S/C14H16BrN3O2S/c1-9-3-4-10(15)7-13(9)18-14-8-11(5-6-12(14)16)21(19,20)17-2/h3-8,17-18H,16H2,1-2H3. The molecule has 4 N–H and O–H groups in total. The largest absolute Gasteiger partial charge is 0.397 e. The van der Waals surface area contributed by atoms with E-state index in [2.05, 4.69) is 26.0 Å². The molecule has 112 valence electrons. The predicted molar refractivity (Wildman–Crippen MR) is 89.3 cm³/mol. The topological polar surface area (TPSA) is 84.2 Å². The van der Waals surface area contributed by atoms with Crippen molar-refractivity contribution in [2.75, 3.05) is 18.1 Å². The van der Waals surface area contributed by atoms with Gasteiger partial charge in [-0.3, -0.25) is 0 Å². The van der Waals surface area contributed by atoms with Gasteiger partial charge >= 0.3 is 0 Å². The van der Waals surface area contributed by atoms with Gasteiger partial charge in [-0.1, -0.05) is 22.0 Å². The van der Waals surface area contributed by atoms with E-state index in [1.54, 1.807) is 6.07 Å². The van der Waals surface area contributed by atoms with Crippen LogP contribution in [0.2, 0.25) is 0 Å².